The van der Waals surface area contributed by atoms with E-state index in [2.05, 4.69) is 30.6 Å². The minimum absolute atomic E-state index is 0.171. The highest BCUT2D eigenvalue weighted by Gasteiger charge is 2.21. The monoisotopic (exact) mass is 208 g/mol. The van der Waals surface area contributed by atoms with Crippen molar-refractivity contribution in [2.75, 3.05) is 6.61 Å². The first-order valence-electron chi connectivity index (χ1n) is 5.85. The van der Waals surface area contributed by atoms with Gasteiger partial charge in [-0.05, 0) is 37.7 Å². The zero-order valence-electron chi connectivity index (χ0n) is 9.86. The SMILES string of the molecule is Cc1cnn(C2CCCCO2)c1C(C)C. The van der Waals surface area contributed by atoms with E-state index in [1.165, 1.54) is 24.1 Å². The van der Waals surface area contributed by atoms with Crippen molar-refractivity contribution in [2.45, 2.75) is 52.2 Å². The number of hydrogen-bond donors (Lipinski definition) is 0. The van der Waals surface area contributed by atoms with E-state index < -0.39 is 0 Å². The highest BCUT2D eigenvalue weighted by molar-refractivity contribution is 5.19. The Kier molecular flexibility index (Phi) is 3.10. The lowest BCUT2D eigenvalue weighted by atomic mass is 10.1. The average molecular weight is 208 g/mol. The average Bonchev–Trinajstić information content (AvgIpc) is 2.61. The molecule has 0 spiro atoms. The molecule has 1 aromatic heterocycles. The Labute approximate surface area is 91.4 Å². The van der Waals surface area contributed by atoms with Crippen molar-refractivity contribution in [1.29, 1.82) is 0 Å². The van der Waals surface area contributed by atoms with E-state index in [0.29, 0.717) is 5.92 Å². The van der Waals surface area contributed by atoms with Gasteiger partial charge in [-0.1, -0.05) is 13.8 Å². The fourth-order valence-electron chi connectivity index (χ4n) is 2.32. The molecule has 0 amide bonds. The Morgan fingerprint density at radius 3 is 2.87 bits per heavy atom. The summed E-state index contributed by atoms with van der Waals surface area (Å²) < 4.78 is 7.85. The minimum Gasteiger partial charge on any atom is -0.357 e. The zero-order valence-corrected chi connectivity index (χ0v) is 9.86. The molecule has 1 saturated heterocycles. The van der Waals surface area contributed by atoms with Gasteiger partial charge < -0.3 is 4.74 Å². The molecular formula is C12H20N2O. The molecule has 1 unspecified atom stereocenters. The fourth-order valence-corrected chi connectivity index (χ4v) is 2.32. The maximum absolute atomic E-state index is 5.77. The lowest BCUT2D eigenvalue weighted by molar-refractivity contribution is -0.0415. The second kappa shape index (κ2) is 4.35. The van der Waals surface area contributed by atoms with Crippen LogP contribution in [0.2, 0.25) is 0 Å². The zero-order chi connectivity index (χ0) is 10.8. The molecule has 3 nitrogen and oxygen atoms in total. The molecule has 0 saturated carbocycles. The lowest BCUT2D eigenvalue weighted by Crippen LogP contribution is -2.21. The van der Waals surface area contributed by atoms with E-state index in [1.807, 2.05) is 6.20 Å². The van der Waals surface area contributed by atoms with Crippen LogP contribution in [0.1, 0.15) is 56.5 Å². The van der Waals surface area contributed by atoms with Crippen LogP contribution in [-0.2, 0) is 4.74 Å². The van der Waals surface area contributed by atoms with Gasteiger partial charge in [-0.2, -0.15) is 5.10 Å². The quantitative estimate of drug-likeness (QED) is 0.747. The second-order valence-corrected chi connectivity index (χ2v) is 4.63. The first kappa shape index (κ1) is 10.7. The summed E-state index contributed by atoms with van der Waals surface area (Å²) in [4.78, 5) is 0. The Morgan fingerprint density at radius 1 is 1.47 bits per heavy atom. The van der Waals surface area contributed by atoms with Gasteiger partial charge in [0, 0.05) is 12.3 Å². The maximum Gasteiger partial charge on any atom is 0.150 e. The van der Waals surface area contributed by atoms with Crippen molar-refractivity contribution < 1.29 is 4.74 Å². The van der Waals surface area contributed by atoms with Gasteiger partial charge >= 0.3 is 0 Å². The molecule has 15 heavy (non-hydrogen) atoms. The van der Waals surface area contributed by atoms with Crippen molar-refractivity contribution >= 4 is 0 Å². The van der Waals surface area contributed by atoms with Gasteiger partial charge in [-0.3, -0.25) is 0 Å². The molecule has 1 aromatic rings. The number of hydrogen-bond acceptors (Lipinski definition) is 2. The number of aromatic nitrogens is 2. The van der Waals surface area contributed by atoms with Gasteiger partial charge in [-0.15, -0.1) is 0 Å². The van der Waals surface area contributed by atoms with Crippen LogP contribution in [0, 0.1) is 6.92 Å². The van der Waals surface area contributed by atoms with Crippen LogP contribution in [0.3, 0.4) is 0 Å². The molecule has 0 N–H and O–H groups in total. The van der Waals surface area contributed by atoms with Crippen molar-refractivity contribution in [1.82, 2.24) is 9.78 Å². The molecule has 1 aliphatic heterocycles. The van der Waals surface area contributed by atoms with Gasteiger partial charge in [0.25, 0.3) is 0 Å². The van der Waals surface area contributed by atoms with E-state index in [-0.39, 0.29) is 6.23 Å². The molecule has 1 atom stereocenters. The fraction of sp³-hybridized carbons (Fsp3) is 0.750. The predicted octanol–water partition coefficient (Wildman–Crippen LogP) is 3.01. The third-order valence-electron chi connectivity index (χ3n) is 3.00. The molecule has 84 valence electrons. The summed E-state index contributed by atoms with van der Waals surface area (Å²) in [7, 11) is 0. The highest BCUT2D eigenvalue weighted by atomic mass is 16.5. The van der Waals surface area contributed by atoms with Crippen LogP contribution in [0.5, 0.6) is 0 Å². The summed E-state index contributed by atoms with van der Waals surface area (Å²) in [6.45, 7) is 7.43. The van der Waals surface area contributed by atoms with Gasteiger partial charge in [0.15, 0.2) is 0 Å². The normalized spacial score (nSPS) is 22.3. The van der Waals surface area contributed by atoms with Crippen molar-refractivity contribution in [3.63, 3.8) is 0 Å². The van der Waals surface area contributed by atoms with Crippen LogP contribution >= 0.6 is 0 Å². The van der Waals surface area contributed by atoms with Crippen LogP contribution < -0.4 is 0 Å². The van der Waals surface area contributed by atoms with Crippen LogP contribution in [-0.4, -0.2) is 16.4 Å². The summed E-state index contributed by atoms with van der Waals surface area (Å²) >= 11 is 0. The standard InChI is InChI=1S/C12H20N2O/c1-9(2)12-10(3)8-13-14(12)11-6-4-5-7-15-11/h8-9,11H,4-7H2,1-3H3. The third-order valence-corrected chi connectivity index (χ3v) is 3.00. The summed E-state index contributed by atoms with van der Waals surface area (Å²) in [5.74, 6) is 0.512. The lowest BCUT2D eigenvalue weighted by Gasteiger charge is -2.25. The van der Waals surface area contributed by atoms with Gasteiger partial charge in [0.1, 0.15) is 6.23 Å². The summed E-state index contributed by atoms with van der Waals surface area (Å²) in [5, 5.41) is 4.45. The van der Waals surface area contributed by atoms with Crippen LogP contribution in [0.4, 0.5) is 0 Å². The van der Waals surface area contributed by atoms with E-state index >= 15 is 0 Å². The predicted molar refractivity (Wildman–Crippen MR) is 59.9 cm³/mol. The second-order valence-electron chi connectivity index (χ2n) is 4.63. The largest absolute Gasteiger partial charge is 0.357 e. The number of ether oxygens (including phenoxy) is 1. The van der Waals surface area contributed by atoms with Gasteiger partial charge in [0.05, 0.1) is 6.20 Å². The highest BCUT2D eigenvalue weighted by Crippen LogP contribution is 2.27. The summed E-state index contributed by atoms with van der Waals surface area (Å²) in [6, 6.07) is 0. The van der Waals surface area contributed by atoms with Gasteiger partial charge in [0.2, 0.25) is 0 Å². The molecule has 2 rings (SSSR count). The van der Waals surface area contributed by atoms with E-state index in [1.54, 1.807) is 0 Å². The van der Waals surface area contributed by atoms with Gasteiger partial charge in [-0.25, -0.2) is 4.68 Å². The molecule has 3 heteroatoms. The van der Waals surface area contributed by atoms with Crippen LogP contribution in [0.25, 0.3) is 0 Å². The maximum atomic E-state index is 5.77. The first-order valence-corrected chi connectivity index (χ1v) is 5.85. The van der Waals surface area contributed by atoms with E-state index in [0.717, 1.165) is 13.0 Å². The first-order chi connectivity index (χ1) is 7.20. The molecule has 0 bridgehead atoms. The molecule has 2 heterocycles. The minimum atomic E-state index is 0.171. The molecule has 0 aromatic carbocycles. The molecule has 0 aliphatic carbocycles. The van der Waals surface area contributed by atoms with Crippen molar-refractivity contribution in [3.05, 3.63) is 17.5 Å². The topological polar surface area (TPSA) is 27.1 Å². The number of nitrogens with zero attached hydrogens (tertiary/aromatic N) is 2. The molecular weight excluding hydrogens is 188 g/mol. The Bertz CT molecular complexity index is 324. The summed E-state index contributed by atoms with van der Waals surface area (Å²) in [5.41, 5.74) is 2.60. The van der Waals surface area contributed by atoms with Crippen molar-refractivity contribution in [3.8, 4) is 0 Å². The Balaban J connectivity index is 2.26. The smallest absolute Gasteiger partial charge is 0.150 e. The van der Waals surface area contributed by atoms with Crippen LogP contribution in [0.15, 0.2) is 6.20 Å². The Morgan fingerprint density at radius 2 is 2.27 bits per heavy atom. The molecule has 0 radical (unpaired) electrons. The summed E-state index contributed by atoms with van der Waals surface area (Å²) in [6.07, 6.45) is 5.66. The third kappa shape index (κ3) is 2.07. The van der Waals surface area contributed by atoms with Crippen molar-refractivity contribution in [2.24, 2.45) is 0 Å². The Hall–Kier alpha value is -0.830. The number of aryl methyl sites for hydroxylation is 1. The molecule has 1 fully saturated rings. The van der Waals surface area contributed by atoms with E-state index in [9.17, 15) is 0 Å². The molecule has 1 aliphatic rings. The van der Waals surface area contributed by atoms with E-state index in [4.69, 9.17) is 4.74 Å². The number of rotatable bonds is 2.